The van der Waals surface area contributed by atoms with Crippen molar-refractivity contribution >= 4 is 21.7 Å². The van der Waals surface area contributed by atoms with Crippen LogP contribution in [0.5, 0.6) is 0 Å². The Balaban J connectivity index is 1.62. The molecule has 0 aliphatic carbocycles. The van der Waals surface area contributed by atoms with Gasteiger partial charge in [-0.15, -0.1) is 0 Å². The van der Waals surface area contributed by atoms with Gasteiger partial charge in [-0.1, -0.05) is 68.2 Å². The lowest BCUT2D eigenvalue weighted by Gasteiger charge is -2.19. The highest BCUT2D eigenvalue weighted by molar-refractivity contribution is 5.91. The molecule has 4 rings (SSSR count). The van der Waals surface area contributed by atoms with Crippen molar-refractivity contribution in [2.45, 2.75) is 26.9 Å². The quantitative estimate of drug-likeness (QED) is 0.442. The molecule has 2 heteroatoms. The fourth-order valence-corrected chi connectivity index (χ4v) is 3.76. The number of aromatic amines is 1. The number of nitrogens with one attached hydrogen (secondary N) is 1. The van der Waals surface area contributed by atoms with Gasteiger partial charge in [-0.2, -0.15) is 0 Å². The second kappa shape index (κ2) is 7.92. The third-order valence-corrected chi connectivity index (χ3v) is 5.08. The molecule has 0 amide bonds. The minimum absolute atomic E-state index is 0.376. The van der Waals surface area contributed by atoms with E-state index in [0.29, 0.717) is 5.92 Å². The molecule has 0 aliphatic rings. The second-order valence-electron chi connectivity index (χ2n) is 7.77. The summed E-state index contributed by atoms with van der Waals surface area (Å²) in [6.45, 7) is 6.07. The van der Waals surface area contributed by atoms with Crippen LogP contribution in [0.3, 0.4) is 0 Å². The lowest BCUT2D eigenvalue weighted by molar-refractivity contribution is 0.321. The summed E-state index contributed by atoms with van der Waals surface area (Å²) < 4.78 is 0. The molecule has 0 saturated carbocycles. The molecule has 0 atom stereocenters. The van der Waals surface area contributed by atoms with E-state index in [4.69, 9.17) is 0 Å². The van der Waals surface area contributed by atoms with Gasteiger partial charge < -0.3 is 4.98 Å². The van der Waals surface area contributed by atoms with Gasteiger partial charge in [0, 0.05) is 41.7 Å². The average molecular weight is 367 g/mol. The first kappa shape index (κ1) is 18.3. The maximum Gasteiger partial charge on any atom is 0.0457 e. The van der Waals surface area contributed by atoms with Crippen molar-refractivity contribution in [2.24, 2.45) is 5.92 Å². The number of fused-ring (bicyclic) bond motifs is 2. The molecule has 2 nitrogen and oxygen atoms in total. The molecule has 4 aromatic rings. The molecule has 1 aromatic heterocycles. The van der Waals surface area contributed by atoms with Gasteiger partial charge in [-0.05, 0) is 47.1 Å². The smallest absolute Gasteiger partial charge is 0.0457 e. The van der Waals surface area contributed by atoms with Gasteiger partial charge in [0.15, 0.2) is 0 Å². The van der Waals surface area contributed by atoms with Crippen molar-refractivity contribution in [1.29, 1.82) is 0 Å². The number of aromatic nitrogens is 1. The molecular formula is C26H26N2. The van der Waals surface area contributed by atoms with Crippen LogP contribution in [-0.4, -0.2) is 16.9 Å². The van der Waals surface area contributed by atoms with Crippen LogP contribution in [0.4, 0.5) is 0 Å². The summed E-state index contributed by atoms with van der Waals surface area (Å²) in [6, 6.07) is 21.7. The first-order valence-electron chi connectivity index (χ1n) is 9.87. The maximum absolute atomic E-state index is 3.36. The van der Waals surface area contributed by atoms with Gasteiger partial charge in [0.05, 0.1) is 0 Å². The molecule has 0 aliphatic heterocycles. The topological polar surface area (TPSA) is 19.0 Å². The molecule has 1 heterocycles. The van der Waals surface area contributed by atoms with E-state index in [2.05, 4.69) is 103 Å². The van der Waals surface area contributed by atoms with Crippen molar-refractivity contribution in [3.05, 3.63) is 83.6 Å². The van der Waals surface area contributed by atoms with E-state index in [1.165, 1.54) is 32.8 Å². The first-order chi connectivity index (χ1) is 13.6. The van der Waals surface area contributed by atoms with E-state index in [0.717, 1.165) is 18.7 Å². The zero-order valence-electron chi connectivity index (χ0n) is 16.8. The summed E-state index contributed by atoms with van der Waals surface area (Å²) in [4.78, 5) is 5.68. The van der Waals surface area contributed by atoms with Gasteiger partial charge in [0.1, 0.15) is 0 Å². The Hall–Kier alpha value is -3.02. The Kier molecular flexibility index (Phi) is 5.19. The molecule has 0 spiro atoms. The minimum atomic E-state index is 0.376. The predicted octanol–water partition coefficient (Wildman–Crippen LogP) is 5.96. The van der Waals surface area contributed by atoms with Crippen molar-refractivity contribution < 1.29 is 0 Å². The van der Waals surface area contributed by atoms with E-state index in [9.17, 15) is 0 Å². The van der Waals surface area contributed by atoms with Crippen LogP contribution in [0.25, 0.3) is 21.7 Å². The molecule has 3 aromatic carbocycles. The van der Waals surface area contributed by atoms with Crippen LogP contribution >= 0.6 is 0 Å². The van der Waals surface area contributed by atoms with E-state index in [1.54, 1.807) is 0 Å². The molecule has 140 valence electrons. The molecule has 28 heavy (non-hydrogen) atoms. The summed E-state index contributed by atoms with van der Waals surface area (Å²) in [5.74, 6) is 7.03. The summed E-state index contributed by atoms with van der Waals surface area (Å²) in [5.41, 5.74) is 5.01. The minimum Gasteiger partial charge on any atom is -0.361 e. The van der Waals surface area contributed by atoms with Gasteiger partial charge in [-0.3, -0.25) is 4.90 Å². The van der Waals surface area contributed by atoms with Crippen LogP contribution in [0.1, 0.15) is 30.5 Å². The fraction of sp³-hybridized carbons (Fsp3) is 0.231. The van der Waals surface area contributed by atoms with Crippen molar-refractivity contribution in [1.82, 2.24) is 9.88 Å². The number of nitrogens with zero attached hydrogens (tertiary/aromatic N) is 1. The standard InChI is InChI=1S/C26H26N2/c1-19(2)11-12-20-13-14-22(24-9-5-4-8-23(20)24)18-28(3)17-21-7-6-10-26-25(21)15-16-27-26/h4-10,13-16,19,27H,17-18H2,1-3H3. The molecule has 0 bridgehead atoms. The number of hydrogen-bond donors (Lipinski definition) is 1. The highest BCUT2D eigenvalue weighted by Gasteiger charge is 2.09. The van der Waals surface area contributed by atoms with Crippen molar-refractivity contribution in [3.63, 3.8) is 0 Å². The van der Waals surface area contributed by atoms with Gasteiger partial charge in [0.25, 0.3) is 0 Å². The Labute approximate surface area is 167 Å². The Morgan fingerprint density at radius 3 is 2.36 bits per heavy atom. The number of H-pyrrole nitrogens is 1. The third kappa shape index (κ3) is 3.81. The van der Waals surface area contributed by atoms with Crippen molar-refractivity contribution in [2.75, 3.05) is 7.05 Å². The lowest BCUT2D eigenvalue weighted by Crippen LogP contribution is -2.17. The summed E-state index contributed by atoms with van der Waals surface area (Å²) in [5, 5.41) is 3.84. The number of rotatable bonds is 4. The molecule has 0 fully saturated rings. The van der Waals surface area contributed by atoms with Crippen LogP contribution in [-0.2, 0) is 13.1 Å². The third-order valence-electron chi connectivity index (χ3n) is 5.08. The van der Waals surface area contributed by atoms with E-state index in [1.807, 2.05) is 6.20 Å². The summed E-state index contributed by atoms with van der Waals surface area (Å²) in [6.07, 6.45) is 2.01. The number of hydrogen-bond acceptors (Lipinski definition) is 1. The van der Waals surface area contributed by atoms with Crippen LogP contribution in [0.2, 0.25) is 0 Å². The highest BCUT2D eigenvalue weighted by Crippen LogP contribution is 2.25. The van der Waals surface area contributed by atoms with E-state index < -0.39 is 0 Å². The molecule has 0 unspecified atom stereocenters. The van der Waals surface area contributed by atoms with E-state index >= 15 is 0 Å². The summed E-state index contributed by atoms with van der Waals surface area (Å²) >= 11 is 0. The second-order valence-corrected chi connectivity index (χ2v) is 7.77. The van der Waals surface area contributed by atoms with Crippen LogP contribution in [0, 0.1) is 17.8 Å². The van der Waals surface area contributed by atoms with Gasteiger partial charge in [0.2, 0.25) is 0 Å². The summed E-state index contributed by atoms with van der Waals surface area (Å²) in [7, 11) is 2.19. The van der Waals surface area contributed by atoms with Crippen molar-refractivity contribution in [3.8, 4) is 11.8 Å². The van der Waals surface area contributed by atoms with E-state index in [-0.39, 0.29) is 0 Å². The largest absolute Gasteiger partial charge is 0.361 e. The molecule has 1 N–H and O–H groups in total. The van der Waals surface area contributed by atoms with Crippen LogP contribution in [0.15, 0.2) is 66.9 Å². The Morgan fingerprint density at radius 2 is 1.57 bits per heavy atom. The SMILES string of the molecule is CC(C)C#Cc1ccc(CN(C)Cc2cccc3[nH]ccc23)c2ccccc12. The maximum atomic E-state index is 3.36. The molecule has 0 radical (unpaired) electrons. The first-order valence-corrected chi connectivity index (χ1v) is 9.87. The monoisotopic (exact) mass is 366 g/mol. The van der Waals surface area contributed by atoms with Gasteiger partial charge >= 0.3 is 0 Å². The average Bonchev–Trinajstić information content (AvgIpc) is 3.17. The van der Waals surface area contributed by atoms with Crippen LogP contribution < -0.4 is 0 Å². The Morgan fingerprint density at radius 1 is 0.821 bits per heavy atom. The highest BCUT2D eigenvalue weighted by atomic mass is 15.1. The predicted molar refractivity (Wildman–Crippen MR) is 119 cm³/mol. The Bertz CT molecular complexity index is 1170. The zero-order chi connectivity index (χ0) is 19.5. The zero-order valence-corrected chi connectivity index (χ0v) is 16.8. The lowest BCUT2D eigenvalue weighted by atomic mass is 9.99. The normalized spacial score (nSPS) is 11.3. The molecule has 0 saturated heterocycles. The fourth-order valence-electron chi connectivity index (χ4n) is 3.76. The molecular weight excluding hydrogens is 340 g/mol. The number of benzene rings is 3. The van der Waals surface area contributed by atoms with Gasteiger partial charge in [-0.25, -0.2) is 0 Å².